The summed E-state index contributed by atoms with van der Waals surface area (Å²) in [7, 11) is 0. The van der Waals surface area contributed by atoms with E-state index < -0.39 is 0 Å². The third kappa shape index (κ3) is 3.11. The molecule has 0 spiro atoms. The number of rotatable bonds is 4. The van der Waals surface area contributed by atoms with Crippen molar-refractivity contribution < 1.29 is 9.21 Å². The third-order valence-corrected chi connectivity index (χ3v) is 5.62. The third-order valence-electron chi connectivity index (χ3n) is 4.08. The monoisotopic (exact) mass is 382 g/mol. The minimum absolute atomic E-state index is 0.230. The van der Waals surface area contributed by atoms with Gasteiger partial charge in [0.2, 0.25) is 0 Å². The number of benzene rings is 2. The first-order valence-electron chi connectivity index (χ1n) is 8.08. The Bertz CT molecular complexity index is 1020. The van der Waals surface area contributed by atoms with Gasteiger partial charge in [-0.25, -0.2) is 4.98 Å². The number of carbonyl (C=O) groups is 1. The average molecular weight is 383 g/mol. The van der Waals surface area contributed by atoms with E-state index in [1.54, 1.807) is 17.0 Å². The predicted molar refractivity (Wildman–Crippen MR) is 105 cm³/mol. The van der Waals surface area contributed by atoms with Crippen molar-refractivity contribution in [2.75, 3.05) is 4.90 Å². The topological polar surface area (TPSA) is 46.3 Å². The number of furan rings is 1. The molecule has 0 unspecified atom stereocenters. The molecule has 2 aromatic carbocycles. The molecule has 0 fully saturated rings. The van der Waals surface area contributed by atoms with Gasteiger partial charge in [-0.05, 0) is 36.2 Å². The highest BCUT2D eigenvalue weighted by atomic mass is 35.5. The van der Waals surface area contributed by atoms with Crippen LogP contribution in [0.3, 0.4) is 0 Å². The van der Waals surface area contributed by atoms with Crippen LogP contribution >= 0.6 is 22.9 Å². The summed E-state index contributed by atoms with van der Waals surface area (Å²) >= 11 is 7.75. The molecule has 4 aromatic rings. The number of fused-ring (bicyclic) bond motifs is 1. The van der Waals surface area contributed by atoms with Crippen molar-refractivity contribution in [3.05, 3.63) is 82.8 Å². The molecule has 0 aliphatic rings. The minimum atomic E-state index is -0.230. The molecule has 0 saturated carbocycles. The van der Waals surface area contributed by atoms with Gasteiger partial charge in [0, 0.05) is 0 Å². The van der Waals surface area contributed by atoms with Gasteiger partial charge >= 0.3 is 0 Å². The van der Waals surface area contributed by atoms with Crippen LogP contribution in [-0.4, -0.2) is 10.9 Å². The number of aryl methyl sites for hydroxylation is 1. The molecule has 0 radical (unpaired) electrons. The molecule has 4 rings (SSSR count). The summed E-state index contributed by atoms with van der Waals surface area (Å²) in [6, 6.07) is 17.0. The van der Waals surface area contributed by atoms with Gasteiger partial charge in [-0.2, -0.15) is 0 Å². The number of aromatic nitrogens is 1. The lowest BCUT2D eigenvalue weighted by molar-refractivity contribution is 0.0958. The summed E-state index contributed by atoms with van der Waals surface area (Å²) in [5.41, 5.74) is 2.86. The van der Waals surface area contributed by atoms with Crippen LogP contribution in [0.15, 0.2) is 65.3 Å². The molecule has 2 aromatic heterocycles. The van der Waals surface area contributed by atoms with Crippen LogP contribution < -0.4 is 4.90 Å². The second kappa shape index (κ2) is 6.94. The fourth-order valence-electron chi connectivity index (χ4n) is 2.73. The number of thiazole rings is 1. The lowest BCUT2D eigenvalue weighted by atomic mass is 10.2. The second-order valence-electron chi connectivity index (χ2n) is 5.89. The van der Waals surface area contributed by atoms with E-state index in [1.807, 2.05) is 49.4 Å². The lowest BCUT2D eigenvalue weighted by Crippen LogP contribution is -2.30. The normalized spacial score (nSPS) is 11.0. The zero-order valence-corrected chi connectivity index (χ0v) is 15.6. The van der Waals surface area contributed by atoms with Crippen molar-refractivity contribution in [1.82, 2.24) is 4.98 Å². The van der Waals surface area contributed by atoms with E-state index in [1.165, 1.54) is 17.6 Å². The summed E-state index contributed by atoms with van der Waals surface area (Å²) < 4.78 is 6.20. The smallest absolute Gasteiger partial charge is 0.296 e. The highest BCUT2D eigenvalue weighted by Crippen LogP contribution is 2.36. The van der Waals surface area contributed by atoms with Gasteiger partial charge in [-0.3, -0.25) is 9.69 Å². The van der Waals surface area contributed by atoms with E-state index >= 15 is 0 Å². The molecule has 26 heavy (non-hydrogen) atoms. The van der Waals surface area contributed by atoms with Crippen molar-refractivity contribution in [3.63, 3.8) is 0 Å². The maximum Gasteiger partial charge on any atom is 0.296 e. The SMILES string of the molecule is Cc1ccc(Cl)c2sc(N(Cc3ccccc3)C(=O)c3ccco3)nc12. The Labute approximate surface area is 159 Å². The average Bonchev–Trinajstić information content (AvgIpc) is 3.33. The molecule has 130 valence electrons. The zero-order valence-electron chi connectivity index (χ0n) is 14.0. The number of nitrogens with zero attached hydrogens (tertiary/aromatic N) is 2. The van der Waals surface area contributed by atoms with Crippen molar-refractivity contribution >= 4 is 44.2 Å². The fraction of sp³-hybridized carbons (Fsp3) is 0.100. The van der Waals surface area contributed by atoms with Crippen LogP contribution in [0.2, 0.25) is 5.02 Å². The molecule has 4 nitrogen and oxygen atoms in total. The number of anilines is 1. The Morgan fingerprint density at radius 1 is 1.15 bits per heavy atom. The van der Waals surface area contributed by atoms with Gasteiger partial charge in [-0.15, -0.1) is 0 Å². The largest absolute Gasteiger partial charge is 0.459 e. The van der Waals surface area contributed by atoms with Gasteiger partial charge in [0.15, 0.2) is 10.9 Å². The van der Waals surface area contributed by atoms with Gasteiger partial charge in [0.05, 0.1) is 28.0 Å². The molecule has 1 amide bonds. The van der Waals surface area contributed by atoms with Gasteiger partial charge in [0.1, 0.15) is 0 Å². The molecule has 0 N–H and O–H groups in total. The molecule has 0 aliphatic carbocycles. The number of halogens is 1. The van der Waals surface area contributed by atoms with E-state index in [9.17, 15) is 4.79 Å². The maximum absolute atomic E-state index is 13.0. The highest BCUT2D eigenvalue weighted by Gasteiger charge is 2.24. The first-order chi connectivity index (χ1) is 12.6. The first-order valence-corrected chi connectivity index (χ1v) is 9.28. The standard InChI is InChI=1S/C20H15ClN2O2S/c1-13-9-10-15(21)18-17(13)22-20(26-18)23(12-14-6-3-2-4-7-14)19(24)16-8-5-11-25-16/h2-11H,12H2,1H3. The molecular weight excluding hydrogens is 368 g/mol. The van der Waals surface area contributed by atoms with Crippen LogP contribution in [0.25, 0.3) is 10.2 Å². The van der Waals surface area contributed by atoms with Crippen LogP contribution in [0.1, 0.15) is 21.7 Å². The molecular formula is C20H15ClN2O2S. The number of carbonyl (C=O) groups excluding carboxylic acids is 1. The van der Waals surface area contributed by atoms with Crippen molar-refractivity contribution in [2.24, 2.45) is 0 Å². The number of hydrogen-bond acceptors (Lipinski definition) is 4. The number of hydrogen-bond donors (Lipinski definition) is 0. The Balaban J connectivity index is 1.81. The summed E-state index contributed by atoms with van der Waals surface area (Å²) in [4.78, 5) is 19.4. The molecule has 0 bridgehead atoms. The van der Waals surface area contributed by atoms with Crippen molar-refractivity contribution in [1.29, 1.82) is 0 Å². The Morgan fingerprint density at radius 2 is 1.96 bits per heavy atom. The van der Waals surface area contributed by atoms with Crippen LogP contribution in [0.5, 0.6) is 0 Å². The van der Waals surface area contributed by atoms with Crippen LogP contribution in [0, 0.1) is 6.92 Å². The summed E-state index contributed by atoms with van der Waals surface area (Å²) in [5, 5.41) is 1.24. The molecule has 0 atom stereocenters. The summed E-state index contributed by atoms with van der Waals surface area (Å²) in [6.07, 6.45) is 1.49. The Kier molecular flexibility index (Phi) is 4.49. The van der Waals surface area contributed by atoms with Crippen molar-refractivity contribution in [3.8, 4) is 0 Å². The van der Waals surface area contributed by atoms with E-state index in [0.717, 1.165) is 21.3 Å². The maximum atomic E-state index is 13.0. The van der Waals surface area contributed by atoms with E-state index in [0.29, 0.717) is 16.7 Å². The van der Waals surface area contributed by atoms with Gasteiger partial charge in [0.25, 0.3) is 5.91 Å². The first kappa shape index (κ1) is 16.8. The highest BCUT2D eigenvalue weighted by molar-refractivity contribution is 7.23. The van der Waals surface area contributed by atoms with Gasteiger partial charge in [-0.1, -0.05) is 59.3 Å². The molecule has 0 aliphatic heterocycles. The zero-order chi connectivity index (χ0) is 18.1. The molecule has 2 heterocycles. The minimum Gasteiger partial charge on any atom is -0.459 e. The second-order valence-corrected chi connectivity index (χ2v) is 7.28. The van der Waals surface area contributed by atoms with Gasteiger partial charge < -0.3 is 4.42 Å². The summed E-state index contributed by atoms with van der Waals surface area (Å²) in [6.45, 7) is 2.38. The van der Waals surface area contributed by atoms with Crippen molar-refractivity contribution in [2.45, 2.75) is 13.5 Å². The number of amides is 1. The fourth-order valence-corrected chi connectivity index (χ4v) is 4.05. The van der Waals surface area contributed by atoms with Crippen LogP contribution in [0.4, 0.5) is 5.13 Å². The van der Waals surface area contributed by atoms with E-state index in [-0.39, 0.29) is 11.7 Å². The Morgan fingerprint density at radius 3 is 2.65 bits per heavy atom. The quantitative estimate of drug-likeness (QED) is 0.455. The van der Waals surface area contributed by atoms with Crippen LogP contribution in [-0.2, 0) is 6.54 Å². The summed E-state index contributed by atoms with van der Waals surface area (Å²) in [5.74, 6) is 0.0506. The van der Waals surface area contributed by atoms with E-state index in [4.69, 9.17) is 21.0 Å². The molecule has 6 heteroatoms. The molecule has 0 saturated heterocycles. The predicted octanol–water partition coefficient (Wildman–Crippen LogP) is 5.70. The van der Waals surface area contributed by atoms with E-state index in [2.05, 4.69) is 0 Å². The lowest BCUT2D eigenvalue weighted by Gasteiger charge is -2.18. The Hall–Kier alpha value is -2.63.